The smallest absolute Gasteiger partial charge is 0.238 e. The lowest BCUT2D eigenvalue weighted by molar-refractivity contribution is -0.117. The monoisotopic (exact) mass is 468 g/mol. The van der Waals surface area contributed by atoms with Crippen LogP contribution in [-0.2, 0) is 9.36 Å². The zero-order chi connectivity index (χ0) is 21.6. The van der Waals surface area contributed by atoms with Crippen LogP contribution in [0.4, 0.5) is 17.2 Å². The third-order valence-corrected chi connectivity index (χ3v) is 7.23. The van der Waals surface area contributed by atoms with E-state index < -0.39 is 7.14 Å². The van der Waals surface area contributed by atoms with Gasteiger partial charge in [0.2, 0.25) is 11.8 Å². The average molecular weight is 469 g/mol. The van der Waals surface area contributed by atoms with Gasteiger partial charge in [0.25, 0.3) is 0 Å². The number of nitrogens with one attached hydrogen (secondary N) is 1. The first-order valence-corrected chi connectivity index (χ1v) is 12.8. The predicted molar refractivity (Wildman–Crippen MR) is 133 cm³/mol. The molecule has 0 bridgehead atoms. The molecule has 0 unspecified atom stereocenters. The first-order chi connectivity index (χ1) is 14.9. The lowest BCUT2D eigenvalue weighted by Crippen LogP contribution is -2.40. The van der Waals surface area contributed by atoms with Crippen LogP contribution in [0.15, 0.2) is 54.9 Å². The van der Waals surface area contributed by atoms with Crippen LogP contribution in [0.5, 0.6) is 5.88 Å². The molecule has 2 aliphatic heterocycles. The number of hydrogen-bond acceptors (Lipinski definition) is 6. The van der Waals surface area contributed by atoms with Crippen molar-refractivity contribution < 1.29 is 14.1 Å². The number of amides is 1. The number of anilines is 3. The van der Waals surface area contributed by atoms with E-state index in [9.17, 15) is 9.36 Å². The van der Waals surface area contributed by atoms with Crippen molar-refractivity contribution in [1.82, 2.24) is 9.97 Å². The van der Waals surface area contributed by atoms with Gasteiger partial charge >= 0.3 is 0 Å². The fourth-order valence-electron chi connectivity index (χ4n) is 4.00. The van der Waals surface area contributed by atoms with Crippen LogP contribution in [0.1, 0.15) is 12.8 Å². The van der Waals surface area contributed by atoms with Crippen LogP contribution in [0.25, 0.3) is 11.1 Å². The molecular weight excluding hydrogens is 443 g/mol. The molecule has 32 heavy (non-hydrogen) atoms. The van der Waals surface area contributed by atoms with Gasteiger partial charge in [-0.3, -0.25) is 4.79 Å². The highest BCUT2D eigenvalue weighted by Crippen LogP contribution is 2.39. The van der Waals surface area contributed by atoms with E-state index >= 15 is 0 Å². The van der Waals surface area contributed by atoms with Crippen molar-refractivity contribution in [2.24, 2.45) is 0 Å². The highest BCUT2D eigenvalue weighted by atomic mass is 32.1. The van der Waals surface area contributed by atoms with Gasteiger partial charge < -0.3 is 19.5 Å². The largest absolute Gasteiger partial charge is 0.474 e. The Bertz CT molecular complexity index is 1190. The molecule has 1 amide bonds. The molecule has 9 heteroatoms. The quantitative estimate of drug-likeness (QED) is 0.580. The van der Waals surface area contributed by atoms with E-state index in [1.54, 1.807) is 25.7 Å². The summed E-state index contributed by atoms with van der Waals surface area (Å²) >= 11 is 0. The maximum absolute atomic E-state index is 12.3. The first-order valence-electron chi connectivity index (χ1n) is 10.2. The van der Waals surface area contributed by atoms with Crippen LogP contribution >= 0.6 is 20.6 Å². The molecule has 7 nitrogen and oxygen atoms in total. The van der Waals surface area contributed by atoms with Gasteiger partial charge in [-0.2, -0.15) is 13.5 Å². The number of fused-ring (bicyclic) bond motifs is 3. The molecule has 0 saturated carbocycles. The van der Waals surface area contributed by atoms with E-state index in [0.29, 0.717) is 30.4 Å². The Morgan fingerprint density at radius 1 is 1.06 bits per heavy atom. The molecule has 0 aliphatic carbocycles. The Kier molecular flexibility index (Phi) is 6.01. The van der Waals surface area contributed by atoms with Crippen LogP contribution in [0.3, 0.4) is 0 Å². The van der Waals surface area contributed by atoms with Gasteiger partial charge in [0, 0.05) is 23.5 Å². The summed E-state index contributed by atoms with van der Waals surface area (Å²) < 4.78 is 17.9. The van der Waals surface area contributed by atoms with Gasteiger partial charge in [0.05, 0.1) is 17.9 Å². The summed E-state index contributed by atoms with van der Waals surface area (Å²) in [5.41, 5.74) is 3.45. The Labute approximate surface area is 194 Å². The van der Waals surface area contributed by atoms with Crippen molar-refractivity contribution in [3.8, 4) is 17.0 Å². The average Bonchev–Trinajstić information content (AvgIpc) is 3.15. The number of aromatic nitrogens is 2. The molecule has 2 aromatic heterocycles. The van der Waals surface area contributed by atoms with E-state index in [-0.39, 0.29) is 25.4 Å². The number of nitrogens with zero attached hydrogens (tertiary/aromatic N) is 3. The molecule has 0 radical (unpaired) electrons. The molecule has 1 aromatic carbocycles. The molecule has 5 rings (SSSR count). The summed E-state index contributed by atoms with van der Waals surface area (Å²) in [6.07, 6.45) is 4.84. The second-order valence-corrected chi connectivity index (χ2v) is 11.5. The fraction of sp³-hybridized carbons (Fsp3) is 0.261. The maximum atomic E-state index is 12.3. The summed E-state index contributed by atoms with van der Waals surface area (Å²) in [7, 11) is -2.26. The zero-order valence-corrected chi connectivity index (χ0v) is 19.8. The number of hydrogen-bond donors (Lipinski definition) is 1. The molecular formula is C23H25N4O3PS. The van der Waals surface area contributed by atoms with E-state index in [4.69, 9.17) is 4.74 Å². The minimum Gasteiger partial charge on any atom is -0.474 e. The predicted octanol–water partition coefficient (Wildman–Crippen LogP) is 4.14. The van der Waals surface area contributed by atoms with Crippen LogP contribution in [0.2, 0.25) is 0 Å². The van der Waals surface area contributed by atoms with E-state index in [2.05, 4.69) is 15.3 Å². The van der Waals surface area contributed by atoms with Gasteiger partial charge in [-0.1, -0.05) is 24.3 Å². The molecule has 3 aromatic rings. The maximum Gasteiger partial charge on any atom is 0.238 e. The third-order valence-electron chi connectivity index (χ3n) is 5.69. The van der Waals surface area contributed by atoms with Crippen molar-refractivity contribution in [2.45, 2.75) is 18.9 Å². The van der Waals surface area contributed by atoms with E-state index in [1.807, 2.05) is 47.4 Å². The molecule has 0 spiro atoms. The summed E-state index contributed by atoms with van der Waals surface area (Å²) in [5, 5.41) is 4.12. The summed E-state index contributed by atoms with van der Waals surface area (Å²) in [5.74, 6) is 1.28. The van der Waals surface area contributed by atoms with Crippen molar-refractivity contribution in [2.75, 3.05) is 30.2 Å². The highest BCUT2D eigenvalue weighted by molar-refractivity contribution is 7.70. The number of rotatable bonds is 4. The van der Waals surface area contributed by atoms with Crippen molar-refractivity contribution >= 4 is 49.0 Å². The second kappa shape index (κ2) is 8.60. The molecule has 1 atom stereocenters. The SMILES string of the molecule is CP(C)(=O)c1ccc(-c2ccc(Nc3cnc4c(c3)N3C(=O)CC[C@H]3CO4)nc2)cc1.S. The summed E-state index contributed by atoms with van der Waals surface area (Å²) in [6.45, 7) is 4.04. The van der Waals surface area contributed by atoms with Crippen LogP contribution < -0.4 is 20.3 Å². The van der Waals surface area contributed by atoms with Crippen molar-refractivity contribution in [3.63, 3.8) is 0 Å². The van der Waals surface area contributed by atoms with Gasteiger partial charge in [-0.25, -0.2) is 9.97 Å². The minimum atomic E-state index is -2.26. The Morgan fingerprint density at radius 3 is 2.50 bits per heavy atom. The molecule has 1 fully saturated rings. The van der Waals surface area contributed by atoms with Gasteiger partial charge in [0.1, 0.15) is 25.3 Å². The zero-order valence-electron chi connectivity index (χ0n) is 17.9. The number of ether oxygens (including phenoxy) is 1. The molecule has 1 N–H and O–H groups in total. The standard InChI is InChI=1S/C23H23N4O3P.H2S/c1-31(2,29)19-7-3-15(4-8-19)16-5-9-21(24-12-16)26-17-11-20-23(25-13-17)30-14-18-6-10-22(28)27(18)20;/h3-5,7-9,11-13,18H,6,10,14H2,1-2H3,(H,24,26);1H2/t18-;/m0./s1. The molecule has 4 heterocycles. The van der Waals surface area contributed by atoms with Crippen LogP contribution in [-0.4, -0.2) is 41.9 Å². The number of pyridine rings is 2. The van der Waals surface area contributed by atoms with Gasteiger partial charge in [0.15, 0.2) is 0 Å². The van der Waals surface area contributed by atoms with Gasteiger partial charge in [-0.15, -0.1) is 0 Å². The number of benzene rings is 1. The first kappa shape index (κ1) is 22.4. The lowest BCUT2D eigenvalue weighted by atomic mass is 10.1. The summed E-state index contributed by atoms with van der Waals surface area (Å²) in [6, 6.07) is 13.6. The normalized spacial score (nSPS) is 17.1. The topological polar surface area (TPSA) is 84.4 Å². The minimum absolute atomic E-state index is 0. The Hall–Kier alpha value is -2.83. The highest BCUT2D eigenvalue weighted by Gasteiger charge is 2.38. The third kappa shape index (κ3) is 4.25. The van der Waals surface area contributed by atoms with Crippen molar-refractivity contribution in [1.29, 1.82) is 0 Å². The molecule has 2 aliphatic rings. The Morgan fingerprint density at radius 2 is 1.81 bits per heavy atom. The fourth-order valence-corrected chi connectivity index (χ4v) is 4.87. The second-order valence-electron chi connectivity index (χ2n) is 8.27. The molecule has 1 saturated heterocycles. The van der Waals surface area contributed by atoms with Crippen LogP contribution in [0, 0.1) is 0 Å². The lowest BCUT2D eigenvalue weighted by Gasteiger charge is -2.31. The Balaban J connectivity index is 0.00000245. The summed E-state index contributed by atoms with van der Waals surface area (Å²) in [4.78, 5) is 23.0. The molecule has 166 valence electrons. The van der Waals surface area contributed by atoms with E-state index in [0.717, 1.165) is 28.5 Å². The van der Waals surface area contributed by atoms with E-state index in [1.165, 1.54) is 0 Å². The number of carbonyl (C=O) groups excluding carboxylic acids is 1. The van der Waals surface area contributed by atoms with Crippen molar-refractivity contribution in [3.05, 3.63) is 54.9 Å². The number of carbonyl (C=O) groups is 1. The van der Waals surface area contributed by atoms with Gasteiger partial charge in [-0.05, 0) is 43.5 Å².